The molecule has 44 heavy (non-hydrogen) atoms. The van der Waals surface area contributed by atoms with Crippen molar-refractivity contribution in [1.82, 2.24) is 19.1 Å². The third kappa shape index (κ3) is 4.43. The molecule has 5 heteroatoms. The van der Waals surface area contributed by atoms with Gasteiger partial charge in [-0.3, -0.25) is 4.98 Å². The van der Waals surface area contributed by atoms with Crippen LogP contribution in [0.3, 0.4) is 0 Å². The molecule has 0 aliphatic carbocycles. The molecule has 0 spiro atoms. The van der Waals surface area contributed by atoms with E-state index in [4.69, 9.17) is 4.98 Å². The summed E-state index contributed by atoms with van der Waals surface area (Å²) in [7, 11) is 2.02. The molecule has 5 nitrogen and oxygen atoms in total. The summed E-state index contributed by atoms with van der Waals surface area (Å²) >= 11 is 0. The predicted molar refractivity (Wildman–Crippen MR) is 181 cm³/mol. The zero-order valence-corrected chi connectivity index (χ0v) is 24.2. The van der Waals surface area contributed by atoms with Crippen molar-refractivity contribution in [2.24, 2.45) is 7.05 Å². The number of anilines is 3. The lowest BCUT2D eigenvalue weighted by Crippen LogP contribution is -2.10. The van der Waals surface area contributed by atoms with E-state index in [1.54, 1.807) is 0 Å². The molecule has 0 fully saturated rings. The van der Waals surface area contributed by atoms with Gasteiger partial charge in [0.05, 0.1) is 22.9 Å². The Morgan fingerprint density at radius 2 is 1.20 bits per heavy atom. The molecule has 3 heterocycles. The first-order valence-electron chi connectivity index (χ1n) is 14.7. The molecular weight excluding hydrogens is 538 g/mol. The average Bonchev–Trinajstić information content (AvgIpc) is 3.67. The van der Waals surface area contributed by atoms with E-state index in [-0.39, 0.29) is 0 Å². The van der Waals surface area contributed by atoms with E-state index >= 15 is 0 Å². The SMILES string of the molecule is Cn1ccnc1-c1cccc(N(c2ccccc2)c2cccc(-c3cc4c5ccccc5n(-c5ccccc5)c4cn3)c2)c1. The molecule has 0 amide bonds. The molecule has 8 rings (SSSR count). The van der Waals surface area contributed by atoms with Crippen molar-refractivity contribution in [3.8, 4) is 28.3 Å². The van der Waals surface area contributed by atoms with E-state index < -0.39 is 0 Å². The summed E-state index contributed by atoms with van der Waals surface area (Å²) < 4.78 is 4.34. The molecule has 0 aliphatic heterocycles. The third-order valence-corrected chi connectivity index (χ3v) is 8.17. The monoisotopic (exact) mass is 567 g/mol. The average molecular weight is 568 g/mol. The van der Waals surface area contributed by atoms with Gasteiger partial charge in [0.25, 0.3) is 0 Å². The smallest absolute Gasteiger partial charge is 0.139 e. The Hall–Kier alpha value is -5.94. The maximum Gasteiger partial charge on any atom is 0.139 e. The number of hydrogen-bond donors (Lipinski definition) is 0. The van der Waals surface area contributed by atoms with Crippen LogP contribution >= 0.6 is 0 Å². The number of nitrogens with zero attached hydrogens (tertiary/aromatic N) is 5. The van der Waals surface area contributed by atoms with Crippen LogP contribution in [0.2, 0.25) is 0 Å². The quantitative estimate of drug-likeness (QED) is 0.201. The number of rotatable bonds is 6. The highest BCUT2D eigenvalue weighted by Gasteiger charge is 2.17. The van der Waals surface area contributed by atoms with Gasteiger partial charge < -0.3 is 14.0 Å². The summed E-state index contributed by atoms with van der Waals surface area (Å²) in [6.45, 7) is 0. The second-order valence-corrected chi connectivity index (χ2v) is 10.9. The van der Waals surface area contributed by atoms with Gasteiger partial charge in [-0.1, -0.05) is 78.9 Å². The number of imidazole rings is 1. The highest BCUT2D eigenvalue weighted by molar-refractivity contribution is 6.10. The molecule has 0 bridgehead atoms. The summed E-state index contributed by atoms with van der Waals surface area (Å²) in [5.74, 6) is 0.931. The number of pyridine rings is 1. The molecule has 3 aromatic heterocycles. The molecule has 0 N–H and O–H groups in total. The predicted octanol–water partition coefficient (Wildman–Crippen LogP) is 9.72. The first-order chi connectivity index (χ1) is 21.7. The summed E-state index contributed by atoms with van der Waals surface area (Å²) in [4.78, 5) is 11.9. The molecule has 5 aromatic carbocycles. The van der Waals surface area contributed by atoms with Gasteiger partial charge in [0.2, 0.25) is 0 Å². The molecule has 8 aromatic rings. The van der Waals surface area contributed by atoms with Crippen molar-refractivity contribution in [1.29, 1.82) is 0 Å². The molecule has 0 saturated heterocycles. The lowest BCUT2D eigenvalue weighted by Gasteiger charge is -2.26. The van der Waals surface area contributed by atoms with E-state index in [0.717, 1.165) is 50.9 Å². The maximum atomic E-state index is 5.01. The van der Waals surface area contributed by atoms with Crippen LogP contribution in [0.1, 0.15) is 0 Å². The molecule has 0 unspecified atom stereocenters. The molecular formula is C39H29N5. The number of hydrogen-bond acceptors (Lipinski definition) is 3. The lowest BCUT2D eigenvalue weighted by molar-refractivity contribution is 0.925. The van der Waals surface area contributed by atoms with Crippen LogP contribution in [-0.2, 0) is 7.05 Å². The van der Waals surface area contributed by atoms with Gasteiger partial charge in [0, 0.05) is 64.1 Å². The normalized spacial score (nSPS) is 11.3. The largest absolute Gasteiger partial charge is 0.334 e. The Morgan fingerprint density at radius 3 is 1.95 bits per heavy atom. The van der Waals surface area contributed by atoms with Crippen molar-refractivity contribution in [2.45, 2.75) is 0 Å². The van der Waals surface area contributed by atoms with Crippen molar-refractivity contribution >= 4 is 38.9 Å². The van der Waals surface area contributed by atoms with Crippen LogP contribution in [0, 0.1) is 0 Å². The Labute approximate surface area is 255 Å². The minimum atomic E-state index is 0.931. The van der Waals surface area contributed by atoms with Crippen molar-refractivity contribution in [3.05, 3.63) is 158 Å². The highest BCUT2D eigenvalue weighted by atomic mass is 15.1. The number of benzene rings is 5. The second-order valence-electron chi connectivity index (χ2n) is 10.9. The van der Waals surface area contributed by atoms with Crippen LogP contribution < -0.4 is 4.90 Å². The van der Waals surface area contributed by atoms with Crippen LogP contribution in [0.15, 0.2) is 158 Å². The van der Waals surface area contributed by atoms with E-state index in [9.17, 15) is 0 Å². The molecule has 210 valence electrons. The Balaban J connectivity index is 1.26. The van der Waals surface area contributed by atoms with Crippen molar-refractivity contribution < 1.29 is 0 Å². The topological polar surface area (TPSA) is 38.9 Å². The minimum absolute atomic E-state index is 0.931. The van der Waals surface area contributed by atoms with Gasteiger partial charge in [-0.05, 0) is 60.7 Å². The van der Waals surface area contributed by atoms with Crippen LogP contribution in [0.25, 0.3) is 50.1 Å². The molecule has 0 aliphatic rings. The van der Waals surface area contributed by atoms with Gasteiger partial charge in [-0.25, -0.2) is 4.98 Å². The first kappa shape index (κ1) is 25.7. The van der Waals surface area contributed by atoms with Crippen LogP contribution in [-0.4, -0.2) is 19.1 Å². The number of para-hydroxylation sites is 3. The highest BCUT2D eigenvalue weighted by Crippen LogP contribution is 2.39. The fourth-order valence-corrected chi connectivity index (χ4v) is 6.14. The fraction of sp³-hybridized carbons (Fsp3) is 0.0256. The van der Waals surface area contributed by atoms with Gasteiger partial charge in [0.15, 0.2) is 0 Å². The van der Waals surface area contributed by atoms with Gasteiger partial charge in [-0.15, -0.1) is 0 Å². The summed E-state index contributed by atoms with van der Waals surface area (Å²) in [5.41, 5.74) is 9.64. The minimum Gasteiger partial charge on any atom is -0.334 e. The number of aromatic nitrogens is 4. The van der Waals surface area contributed by atoms with Crippen molar-refractivity contribution in [2.75, 3.05) is 4.90 Å². The standard InChI is InChI=1S/C39H29N5/c1-42-23-22-40-39(42)29-13-11-19-33(25-29)43(30-14-4-2-5-15-30)32-18-10-12-28(24-32)36-26-35-34-20-8-9-21-37(34)44(38(35)27-41-36)31-16-6-3-7-17-31/h2-27H,1H3. The van der Waals surface area contributed by atoms with Crippen LogP contribution in [0.4, 0.5) is 17.1 Å². The summed E-state index contributed by atoms with van der Waals surface area (Å²) in [6, 6.07) is 49.0. The Morgan fingerprint density at radius 1 is 0.545 bits per heavy atom. The lowest BCUT2D eigenvalue weighted by atomic mass is 10.1. The van der Waals surface area contributed by atoms with Gasteiger partial charge in [-0.2, -0.15) is 0 Å². The van der Waals surface area contributed by atoms with E-state index in [1.807, 2.05) is 42.3 Å². The maximum absolute atomic E-state index is 5.01. The van der Waals surface area contributed by atoms with E-state index in [2.05, 4.69) is 142 Å². The second kappa shape index (κ2) is 10.7. The van der Waals surface area contributed by atoms with Crippen LogP contribution in [0.5, 0.6) is 0 Å². The fourth-order valence-electron chi connectivity index (χ4n) is 6.14. The summed E-state index contributed by atoms with van der Waals surface area (Å²) in [5, 5.41) is 2.39. The first-order valence-corrected chi connectivity index (χ1v) is 14.7. The van der Waals surface area contributed by atoms with Gasteiger partial charge in [0.1, 0.15) is 5.82 Å². The van der Waals surface area contributed by atoms with E-state index in [0.29, 0.717) is 0 Å². The van der Waals surface area contributed by atoms with Gasteiger partial charge >= 0.3 is 0 Å². The van der Waals surface area contributed by atoms with E-state index in [1.165, 1.54) is 16.3 Å². The molecule has 0 atom stereocenters. The van der Waals surface area contributed by atoms with Crippen molar-refractivity contribution in [3.63, 3.8) is 0 Å². The zero-order chi connectivity index (χ0) is 29.5. The summed E-state index contributed by atoms with van der Waals surface area (Å²) in [6.07, 6.45) is 5.82. The Bertz CT molecular complexity index is 2250. The molecule has 0 saturated carbocycles. The molecule has 0 radical (unpaired) electrons. The Kier molecular flexibility index (Phi) is 6.27. The zero-order valence-electron chi connectivity index (χ0n) is 24.2. The number of fused-ring (bicyclic) bond motifs is 3. The number of aryl methyl sites for hydroxylation is 1. The third-order valence-electron chi connectivity index (χ3n) is 8.17.